The average Bonchev–Trinajstić information content (AvgIpc) is 2.49. The summed E-state index contributed by atoms with van der Waals surface area (Å²) in [7, 11) is 4.13. The SMILES string of the molecule is CCOC(=O)CC1(N(C)C)CCN(c2ccccc2)CC1. The van der Waals surface area contributed by atoms with Crippen LogP contribution in [-0.2, 0) is 9.53 Å². The molecular weight excluding hydrogens is 264 g/mol. The van der Waals surface area contributed by atoms with Crippen LogP contribution in [0.4, 0.5) is 5.69 Å². The highest BCUT2D eigenvalue weighted by Gasteiger charge is 2.39. The summed E-state index contributed by atoms with van der Waals surface area (Å²) in [5, 5.41) is 0. The largest absolute Gasteiger partial charge is 0.466 e. The molecule has 0 aromatic heterocycles. The Hall–Kier alpha value is -1.55. The van der Waals surface area contributed by atoms with E-state index in [2.05, 4.69) is 48.2 Å². The lowest BCUT2D eigenvalue weighted by Crippen LogP contribution is -2.54. The van der Waals surface area contributed by atoms with Gasteiger partial charge in [0.2, 0.25) is 0 Å². The fraction of sp³-hybridized carbons (Fsp3) is 0.588. The molecule has 0 N–H and O–H groups in total. The van der Waals surface area contributed by atoms with Crippen molar-refractivity contribution in [3.05, 3.63) is 30.3 Å². The van der Waals surface area contributed by atoms with Gasteiger partial charge in [-0.05, 0) is 46.0 Å². The van der Waals surface area contributed by atoms with Crippen LogP contribution in [0.3, 0.4) is 0 Å². The third-order valence-corrected chi connectivity index (χ3v) is 4.54. The number of carbonyl (C=O) groups is 1. The van der Waals surface area contributed by atoms with Gasteiger partial charge in [-0.3, -0.25) is 4.79 Å². The molecule has 0 radical (unpaired) electrons. The van der Waals surface area contributed by atoms with E-state index >= 15 is 0 Å². The van der Waals surface area contributed by atoms with E-state index in [0.29, 0.717) is 13.0 Å². The van der Waals surface area contributed by atoms with Crippen molar-refractivity contribution in [3.63, 3.8) is 0 Å². The fourth-order valence-corrected chi connectivity index (χ4v) is 3.08. The van der Waals surface area contributed by atoms with E-state index in [1.54, 1.807) is 0 Å². The summed E-state index contributed by atoms with van der Waals surface area (Å²) in [6, 6.07) is 10.5. The highest BCUT2D eigenvalue weighted by molar-refractivity contribution is 5.71. The van der Waals surface area contributed by atoms with Gasteiger partial charge in [-0.25, -0.2) is 0 Å². The van der Waals surface area contributed by atoms with Crippen molar-refractivity contribution >= 4 is 11.7 Å². The molecule has 0 bridgehead atoms. The Labute approximate surface area is 127 Å². The number of rotatable bonds is 5. The van der Waals surface area contributed by atoms with Crippen molar-refractivity contribution in [2.75, 3.05) is 38.7 Å². The zero-order valence-corrected chi connectivity index (χ0v) is 13.3. The smallest absolute Gasteiger partial charge is 0.307 e. The minimum Gasteiger partial charge on any atom is -0.466 e. The summed E-state index contributed by atoms with van der Waals surface area (Å²) in [4.78, 5) is 16.5. The van der Waals surface area contributed by atoms with Crippen LogP contribution in [0.1, 0.15) is 26.2 Å². The zero-order chi connectivity index (χ0) is 15.3. The van der Waals surface area contributed by atoms with Crippen molar-refractivity contribution in [3.8, 4) is 0 Å². The van der Waals surface area contributed by atoms with Crippen molar-refractivity contribution in [1.82, 2.24) is 4.90 Å². The second-order valence-electron chi connectivity index (χ2n) is 5.92. The van der Waals surface area contributed by atoms with Gasteiger partial charge in [0.05, 0.1) is 13.0 Å². The molecule has 21 heavy (non-hydrogen) atoms. The van der Waals surface area contributed by atoms with E-state index in [1.807, 2.05) is 13.0 Å². The predicted molar refractivity (Wildman–Crippen MR) is 85.6 cm³/mol. The number of ether oxygens (including phenoxy) is 1. The molecule has 4 nitrogen and oxygen atoms in total. The van der Waals surface area contributed by atoms with Crippen LogP contribution in [0.25, 0.3) is 0 Å². The molecule has 0 saturated carbocycles. The monoisotopic (exact) mass is 290 g/mol. The van der Waals surface area contributed by atoms with Gasteiger partial charge in [-0.2, -0.15) is 0 Å². The van der Waals surface area contributed by atoms with Crippen molar-refractivity contribution in [2.45, 2.75) is 31.7 Å². The van der Waals surface area contributed by atoms with Gasteiger partial charge in [0, 0.05) is 24.3 Å². The molecule has 1 heterocycles. The minimum absolute atomic E-state index is 0.0719. The number of carbonyl (C=O) groups excluding carboxylic acids is 1. The van der Waals surface area contributed by atoms with Gasteiger partial charge < -0.3 is 14.5 Å². The summed E-state index contributed by atoms with van der Waals surface area (Å²) in [6.45, 7) is 4.26. The normalized spacial score (nSPS) is 17.8. The van der Waals surface area contributed by atoms with Gasteiger partial charge in [0.25, 0.3) is 0 Å². The Morgan fingerprint density at radius 1 is 1.24 bits per heavy atom. The third-order valence-electron chi connectivity index (χ3n) is 4.54. The molecule has 1 aliphatic heterocycles. The highest BCUT2D eigenvalue weighted by atomic mass is 16.5. The first-order valence-corrected chi connectivity index (χ1v) is 7.70. The number of anilines is 1. The standard InChI is InChI=1S/C17H26N2O2/c1-4-21-16(20)14-17(18(2)3)10-12-19(13-11-17)15-8-6-5-7-9-15/h5-9H,4,10-14H2,1-3H3. The fourth-order valence-electron chi connectivity index (χ4n) is 3.08. The molecule has 4 heteroatoms. The lowest BCUT2D eigenvalue weighted by Gasteiger charge is -2.46. The first-order valence-electron chi connectivity index (χ1n) is 7.70. The quantitative estimate of drug-likeness (QED) is 0.780. The third kappa shape index (κ3) is 3.76. The van der Waals surface area contributed by atoms with Crippen LogP contribution in [0.5, 0.6) is 0 Å². The lowest BCUT2D eigenvalue weighted by atomic mass is 9.83. The van der Waals surface area contributed by atoms with Crippen molar-refractivity contribution < 1.29 is 9.53 Å². The molecule has 0 spiro atoms. The van der Waals surface area contributed by atoms with Gasteiger partial charge >= 0.3 is 5.97 Å². The topological polar surface area (TPSA) is 32.8 Å². The first-order chi connectivity index (χ1) is 10.1. The minimum atomic E-state index is -0.0839. The Balaban J connectivity index is 2.02. The number of nitrogens with zero attached hydrogens (tertiary/aromatic N) is 2. The van der Waals surface area contributed by atoms with Crippen molar-refractivity contribution in [2.24, 2.45) is 0 Å². The number of hydrogen-bond donors (Lipinski definition) is 0. The predicted octanol–water partition coefficient (Wildman–Crippen LogP) is 2.54. The Kier molecular flexibility index (Phi) is 5.23. The van der Waals surface area contributed by atoms with Crippen LogP contribution >= 0.6 is 0 Å². The average molecular weight is 290 g/mol. The molecular formula is C17H26N2O2. The molecule has 1 aliphatic rings. The zero-order valence-electron chi connectivity index (χ0n) is 13.3. The summed E-state index contributed by atoms with van der Waals surface area (Å²) in [5.41, 5.74) is 1.19. The lowest BCUT2D eigenvalue weighted by molar-refractivity contribution is -0.146. The molecule has 1 fully saturated rings. The van der Waals surface area contributed by atoms with E-state index in [-0.39, 0.29) is 11.5 Å². The number of benzene rings is 1. The van der Waals surface area contributed by atoms with Gasteiger partial charge in [-0.15, -0.1) is 0 Å². The maximum absolute atomic E-state index is 11.9. The Morgan fingerprint density at radius 2 is 1.86 bits per heavy atom. The molecule has 1 aromatic rings. The number of piperidine rings is 1. The van der Waals surface area contributed by atoms with E-state index in [9.17, 15) is 4.79 Å². The first kappa shape index (κ1) is 15.8. The Morgan fingerprint density at radius 3 is 2.38 bits per heavy atom. The van der Waals surface area contributed by atoms with Crippen molar-refractivity contribution in [1.29, 1.82) is 0 Å². The maximum atomic E-state index is 11.9. The summed E-state index contributed by atoms with van der Waals surface area (Å²) < 4.78 is 5.15. The number of para-hydroxylation sites is 1. The van der Waals surface area contributed by atoms with Crippen LogP contribution < -0.4 is 4.90 Å². The molecule has 0 unspecified atom stereocenters. The second kappa shape index (κ2) is 6.94. The van der Waals surface area contributed by atoms with Gasteiger partial charge in [0.1, 0.15) is 0 Å². The Bertz CT molecular complexity index is 451. The summed E-state index contributed by atoms with van der Waals surface area (Å²) in [6.07, 6.45) is 2.44. The second-order valence-corrected chi connectivity index (χ2v) is 5.92. The van der Waals surface area contributed by atoms with Crippen LogP contribution in [0, 0.1) is 0 Å². The van der Waals surface area contributed by atoms with Crippen LogP contribution in [-0.4, -0.2) is 50.2 Å². The number of hydrogen-bond acceptors (Lipinski definition) is 4. The molecule has 116 valence electrons. The molecule has 0 aliphatic carbocycles. The van der Waals surface area contributed by atoms with Crippen LogP contribution in [0.2, 0.25) is 0 Å². The molecule has 0 amide bonds. The van der Waals surface area contributed by atoms with Crippen LogP contribution in [0.15, 0.2) is 30.3 Å². The maximum Gasteiger partial charge on any atom is 0.307 e. The molecule has 1 saturated heterocycles. The molecule has 2 rings (SSSR count). The summed E-state index contributed by atoms with van der Waals surface area (Å²) >= 11 is 0. The van der Waals surface area contributed by atoms with E-state index in [0.717, 1.165) is 25.9 Å². The van der Waals surface area contributed by atoms with E-state index in [1.165, 1.54) is 5.69 Å². The molecule has 0 atom stereocenters. The number of esters is 1. The van der Waals surface area contributed by atoms with Gasteiger partial charge in [0.15, 0.2) is 0 Å². The van der Waals surface area contributed by atoms with E-state index < -0.39 is 0 Å². The van der Waals surface area contributed by atoms with E-state index in [4.69, 9.17) is 4.74 Å². The van der Waals surface area contributed by atoms with Gasteiger partial charge in [-0.1, -0.05) is 18.2 Å². The molecule has 1 aromatic carbocycles. The summed E-state index contributed by atoms with van der Waals surface area (Å²) in [5.74, 6) is -0.0839. The highest BCUT2D eigenvalue weighted by Crippen LogP contribution is 2.32.